The molecule has 0 atom stereocenters. The van der Waals surface area contributed by atoms with Crippen molar-refractivity contribution in [1.29, 1.82) is 0 Å². The number of nitrogens with two attached hydrogens (primary N) is 2. The van der Waals surface area contributed by atoms with Crippen molar-refractivity contribution in [3.63, 3.8) is 0 Å². The van der Waals surface area contributed by atoms with Crippen LogP contribution in [0, 0.1) is 0 Å². The van der Waals surface area contributed by atoms with Crippen LogP contribution in [0.2, 0.25) is 0 Å². The topological polar surface area (TPSA) is 77.4 Å². The van der Waals surface area contributed by atoms with Crippen molar-refractivity contribution < 1.29 is 4.74 Å². The van der Waals surface area contributed by atoms with E-state index in [1.165, 1.54) is 0 Å². The number of nitrogen functional groups attached to an aromatic ring is 2. The monoisotopic (exact) mass is 270 g/mol. The predicted molar refractivity (Wildman–Crippen MR) is 81.2 cm³/mol. The molecule has 5 nitrogen and oxygen atoms in total. The highest BCUT2D eigenvalue weighted by molar-refractivity contribution is 5.79. The maximum Gasteiger partial charge on any atom is 0.146 e. The zero-order valence-electron chi connectivity index (χ0n) is 11.6. The maximum absolute atomic E-state index is 6.00. The summed E-state index contributed by atoms with van der Waals surface area (Å²) in [6.07, 6.45) is 1.78. The average molecular weight is 270 g/mol. The summed E-state index contributed by atoms with van der Waals surface area (Å²) in [7, 11) is 0. The molecule has 0 radical (unpaired) electrons. The number of fused-ring (bicyclic) bond motifs is 1. The van der Waals surface area contributed by atoms with E-state index in [0.29, 0.717) is 17.9 Å². The molecule has 5 heteroatoms. The van der Waals surface area contributed by atoms with E-state index in [0.717, 1.165) is 17.3 Å². The molecule has 1 aromatic carbocycles. The second-order valence-corrected chi connectivity index (χ2v) is 5.58. The SMILES string of the molecule is CC1(C)CN(c2ccccn2)c2cc(N)c(N)cc2O1. The smallest absolute Gasteiger partial charge is 0.146 e. The van der Waals surface area contributed by atoms with E-state index in [2.05, 4.69) is 9.88 Å². The number of aromatic nitrogens is 1. The first-order valence-electron chi connectivity index (χ1n) is 6.53. The molecule has 0 amide bonds. The molecular formula is C15H18N4O. The van der Waals surface area contributed by atoms with Crippen molar-refractivity contribution in [2.75, 3.05) is 22.9 Å². The fourth-order valence-electron chi connectivity index (χ4n) is 2.41. The summed E-state index contributed by atoms with van der Waals surface area (Å²) in [5.74, 6) is 1.60. The second-order valence-electron chi connectivity index (χ2n) is 5.58. The number of benzene rings is 1. The van der Waals surface area contributed by atoms with Gasteiger partial charge in [0.25, 0.3) is 0 Å². The van der Waals surface area contributed by atoms with E-state index < -0.39 is 0 Å². The molecule has 4 N–H and O–H groups in total. The van der Waals surface area contributed by atoms with Crippen molar-refractivity contribution in [1.82, 2.24) is 4.98 Å². The number of rotatable bonds is 1. The van der Waals surface area contributed by atoms with Crippen LogP contribution in [-0.4, -0.2) is 17.1 Å². The molecule has 1 aliphatic rings. The van der Waals surface area contributed by atoms with Crippen molar-refractivity contribution >= 4 is 22.9 Å². The van der Waals surface area contributed by atoms with E-state index in [-0.39, 0.29) is 5.60 Å². The maximum atomic E-state index is 6.00. The highest BCUT2D eigenvalue weighted by Crippen LogP contribution is 2.43. The van der Waals surface area contributed by atoms with E-state index in [4.69, 9.17) is 16.2 Å². The van der Waals surface area contributed by atoms with Crippen molar-refractivity contribution in [2.24, 2.45) is 0 Å². The van der Waals surface area contributed by atoms with Crippen LogP contribution in [0.25, 0.3) is 0 Å². The van der Waals surface area contributed by atoms with Crippen LogP contribution in [0.1, 0.15) is 13.8 Å². The van der Waals surface area contributed by atoms with Gasteiger partial charge >= 0.3 is 0 Å². The van der Waals surface area contributed by atoms with Gasteiger partial charge in [0.15, 0.2) is 0 Å². The standard InChI is InChI=1S/C15H18N4O/c1-15(2)9-19(14-5-3-4-6-18-14)12-7-10(16)11(17)8-13(12)20-15/h3-8H,9,16-17H2,1-2H3. The van der Waals surface area contributed by atoms with Crippen molar-refractivity contribution in [3.8, 4) is 5.75 Å². The molecule has 20 heavy (non-hydrogen) atoms. The lowest BCUT2D eigenvalue weighted by atomic mass is 10.0. The highest BCUT2D eigenvalue weighted by Gasteiger charge is 2.33. The van der Waals surface area contributed by atoms with Gasteiger partial charge in [0.1, 0.15) is 17.2 Å². The van der Waals surface area contributed by atoms with Gasteiger partial charge in [-0.05, 0) is 32.0 Å². The Morgan fingerprint density at radius 1 is 1.20 bits per heavy atom. The van der Waals surface area contributed by atoms with Gasteiger partial charge in [-0.3, -0.25) is 0 Å². The van der Waals surface area contributed by atoms with E-state index in [1.807, 2.05) is 38.1 Å². The number of pyridine rings is 1. The van der Waals surface area contributed by atoms with Crippen LogP contribution in [0.15, 0.2) is 36.5 Å². The van der Waals surface area contributed by atoms with E-state index in [9.17, 15) is 0 Å². The Morgan fingerprint density at radius 3 is 2.65 bits per heavy atom. The summed E-state index contributed by atoms with van der Waals surface area (Å²) in [5.41, 5.74) is 13.5. The minimum absolute atomic E-state index is 0.326. The summed E-state index contributed by atoms with van der Waals surface area (Å²) in [5, 5.41) is 0. The molecule has 0 bridgehead atoms. The zero-order chi connectivity index (χ0) is 14.3. The van der Waals surface area contributed by atoms with Gasteiger partial charge < -0.3 is 21.1 Å². The van der Waals surface area contributed by atoms with Crippen LogP contribution in [0.3, 0.4) is 0 Å². The first-order valence-corrected chi connectivity index (χ1v) is 6.53. The molecule has 0 unspecified atom stereocenters. The summed E-state index contributed by atoms with van der Waals surface area (Å²) < 4.78 is 6.00. The Morgan fingerprint density at radius 2 is 1.95 bits per heavy atom. The van der Waals surface area contributed by atoms with Crippen LogP contribution in [-0.2, 0) is 0 Å². The molecule has 0 spiro atoms. The Bertz CT molecular complexity index is 640. The number of nitrogens with zero attached hydrogens (tertiary/aromatic N) is 2. The first-order chi connectivity index (χ1) is 9.46. The molecule has 1 aromatic heterocycles. The Kier molecular flexibility index (Phi) is 2.71. The fourth-order valence-corrected chi connectivity index (χ4v) is 2.41. The lowest BCUT2D eigenvalue weighted by Crippen LogP contribution is -2.45. The third-order valence-electron chi connectivity index (χ3n) is 3.31. The average Bonchev–Trinajstić information content (AvgIpc) is 2.40. The van der Waals surface area contributed by atoms with E-state index >= 15 is 0 Å². The summed E-state index contributed by atoms with van der Waals surface area (Å²) >= 11 is 0. The van der Waals surface area contributed by atoms with Gasteiger partial charge in [0.05, 0.1) is 23.6 Å². The van der Waals surface area contributed by atoms with Crippen LogP contribution < -0.4 is 21.1 Å². The van der Waals surface area contributed by atoms with Gasteiger partial charge in [-0.15, -0.1) is 0 Å². The summed E-state index contributed by atoms with van der Waals surface area (Å²) in [6.45, 7) is 4.78. The predicted octanol–water partition coefficient (Wildman–Crippen LogP) is 2.56. The van der Waals surface area contributed by atoms with Crippen molar-refractivity contribution in [3.05, 3.63) is 36.5 Å². The van der Waals surface area contributed by atoms with Gasteiger partial charge in [0, 0.05) is 12.3 Å². The van der Waals surface area contributed by atoms with E-state index in [1.54, 1.807) is 12.3 Å². The Hall–Kier alpha value is -2.43. The summed E-state index contributed by atoms with van der Waals surface area (Å²) in [6, 6.07) is 9.45. The lowest BCUT2D eigenvalue weighted by Gasteiger charge is -2.40. The molecule has 1 aliphatic heterocycles. The third kappa shape index (κ3) is 2.11. The number of hydrogen-bond donors (Lipinski definition) is 2. The lowest BCUT2D eigenvalue weighted by molar-refractivity contribution is 0.109. The second kappa shape index (κ2) is 4.30. The highest BCUT2D eigenvalue weighted by atomic mass is 16.5. The normalized spacial score (nSPS) is 16.4. The Labute approximate surface area is 118 Å². The third-order valence-corrected chi connectivity index (χ3v) is 3.31. The van der Waals surface area contributed by atoms with Crippen LogP contribution in [0.5, 0.6) is 5.75 Å². The van der Waals surface area contributed by atoms with Crippen LogP contribution in [0.4, 0.5) is 22.9 Å². The number of anilines is 4. The van der Waals surface area contributed by atoms with Gasteiger partial charge in [-0.2, -0.15) is 0 Å². The quantitative estimate of drug-likeness (QED) is 0.779. The van der Waals surface area contributed by atoms with Crippen LogP contribution >= 0.6 is 0 Å². The molecule has 0 fully saturated rings. The summed E-state index contributed by atoms with van der Waals surface area (Å²) in [4.78, 5) is 6.52. The minimum atomic E-state index is -0.326. The van der Waals surface area contributed by atoms with Gasteiger partial charge in [-0.1, -0.05) is 6.07 Å². The molecule has 0 saturated carbocycles. The molecule has 104 valence electrons. The Balaban J connectivity index is 2.15. The first kappa shape index (κ1) is 12.6. The molecular weight excluding hydrogens is 252 g/mol. The minimum Gasteiger partial charge on any atom is -0.484 e. The largest absolute Gasteiger partial charge is 0.484 e. The molecule has 3 rings (SSSR count). The number of ether oxygens (including phenoxy) is 1. The van der Waals surface area contributed by atoms with Gasteiger partial charge in [-0.25, -0.2) is 4.98 Å². The van der Waals surface area contributed by atoms with Crippen molar-refractivity contribution in [2.45, 2.75) is 19.4 Å². The fraction of sp³-hybridized carbons (Fsp3) is 0.267. The number of hydrogen-bond acceptors (Lipinski definition) is 5. The molecule has 2 heterocycles. The molecule has 2 aromatic rings. The molecule has 0 aliphatic carbocycles. The zero-order valence-corrected chi connectivity index (χ0v) is 11.6. The molecule has 0 saturated heterocycles. The van der Waals surface area contributed by atoms with Gasteiger partial charge in [0.2, 0.25) is 0 Å².